The van der Waals surface area contributed by atoms with Crippen molar-refractivity contribution in [2.75, 3.05) is 12.3 Å². The van der Waals surface area contributed by atoms with E-state index in [0.717, 1.165) is 0 Å². The van der Waals surface area contributed by atoms with Gasteiger partial charge in [-0.1, -0.05) is 0 Å². The molecule has 0 aliphatic carbocycles. The Balaban J connectivity index is 2.10. The number of aliphatic hydroxyl groups is 3. The van der Waals surface area contributed by atoms with Gasteiger partial charge in [0, 0.05) is 0 Å². The van der Waals surface area contributed by atoms with Crippen LogP contribution in [0.15, 0.2) is 6.33 Å². The highest BCUT2D eigenvalue weighted by molar-refractivity contribution is 6.28. The maximum absolute atomic E-state index is 10.2. The molecule has 0 aromatic carbocycles. The standard InChI is InChI=1S/C11H14ClN5O4/c1-11(20)4(2-18)21-9(6(11)19)17-3-14-5-7(13)15-10(12)16-8(5)17/h3-4,6,9,18-20H,2H2,1H3,(H2,13,15,16)/t4-,6+,9?,11-/m1/s1. The van der Waals surface area contributed by atoms with Crippen LogP contribution in [0.4, 0.5) is 5.82 Å². The number of nitrogens with zero attached hydrogens (tertiary/aromatic N) is 4. The van der Waals surface area contributed by atoms with E-state index in [2.05, 4.69) is 15.0 Å². The molecule has 1 fully saturated rings. The summed E-state index contributed by atoms with van der Waals surface area (Å²) >= 11 is 5.77. The SMILES string of the molecule is C[C@@]1(O)[C@@H](CO)OC(n2cnc3c(N)nc(Cl)nc32)[C@@H]1O. The first-order valence-electron chi connectivity index (χ1n) is 6.18. The fourth-order valence-corrected chi connectivity index (χ4v) is 2.57. The predicted molar refractivity (Wildman–Crippen MR) is 72.4 cm³/mol. The van der Waals surface area contributed by atoms with E-state index in [1.807, 2.05) is 0 Å². The number of hydrogen-bond donors (Lipinski definition) is 4. The maximum Gasteiger partial charge on any atom is 0.226 e. The first-order valence-corrected chi connectivity index (χ1v) is 6.56. The Labute approximate surface area is 124 Å². The molecule has 2 aromatic rings. The van der Waals surface area contributed by atoms with Gasteiger partial charge in [-0.15, -0.1) is 0 Å². The van der Waals surface area contributed by atoms with Gasteiger partial charge in [0.05, 0.1) is 12.9 Å². The Bertz CT molecular complexity index is 691. The number of imidazole rings is 1. The summed E-state index contributed by atoms with van der Waals surface area (Å²) < 4.78 is 6.90. The Morgan fingerprint density at radius 2 is 2.24 bits per heavy atom. The topological polar surface area (TPSA) is 140 Å². The third-order valence-electron chi connectivity index (χ3n) is 3.69. The molecule has 2 aromatic heterocycles. The molecule has 1 saturated heterocycles. The minimum absolute atomic E-state index is 0.0697. The van der Waals surface area contributed by atoms with Crippen LogP contribution in [0.25, 0.3) is 11.2 Å². The van der Waals surface area contributed by atoms with Crippen LogP contribution in [-0.2, 0) is 4.74 Å². The van der Waals surface area contributed by atoms with Crippen molar-refractivity contribution in [3.8, 4) is 0 Å². The van der Waals surface area contributed by atoms with Crippen molar-refractivity contribution in [1.82, 2.24) is 19.5 Å². The summed E-state index contributed by atoms with van der Waals surface area (Å²) in [6.07, 6.45) is -1.85. The van der Waals surface area contributed by atoms with Gasteiger partial charge in [0.25, 0.3) is 0 Å². The van der Waals surface area contributed by atoms with Gasteiger partial charge in [0.1, 0.15) is 23.3 Å². The molecule has 10 heteroatoms. The second-order valence-electron chi connectivity index (χ2n) is 5.07. The van der Waals surface area contributed by atoms with Crippen LogP contribution < -0.4 is 5.73 Å². The molecule has 114 valence electrons. The van der Waals surface area contributed by atoms with E-state index in [1.165, 1.54) is 17.8 Å². The normalized spacial score (nSPS) is 32.9. The summed E-state index contributed by atoms with van der Waals surface area (Å²) in [5.74, 6) is 0.0988. The smallest absolute Gasteiger partial charge is 0.226 e. The zero-order chi connectivity index (χ0) is 15.4. The van der Waals surface area contributed by atoms with Crippen molar-refractivity contribution in [2.45, 2.75) is 31.0 Å². The molecule has 5 N–H and O–H groups in total. The van der Waals surface area contributed by atoms with Crippen molar-refractivity contribution < 1.29 is 20.1 Å². The molecule has 0 radical (unpaired) electrons. The molecule has 1 aliphatic rings. The van der Waals surface area contributed by atoms with E-state index in [-0.39, 0.29) is 16.7 Å². The Kier molecular flexibility index (Phi) is 3.26. The van der Waals surface area contributed by atoms with Crippen LogP contribution in [0.1, 0.15) is 13.2 Å². The van der Waals surface area contributed by atoms with Crippen molar-refractivity contribution >= 4 is 28.6 Å². The lowest BCUT2D eigenvalue weighted by Crippen LogP contribution is -2.46. The molecule has 3 rings (SSSR count). The number of aliphatic hydroxyl groups excluding tert-OH is 2. The van der Waals surface area contributed by atoms with E-state index in [1.54, 1.807) is 0 Å². The van der Waals surface area contributed by atoms with Gasteiger partial charge in [-0.25, -0.2) is 4.98 Å². The largest absolute Gasteiger partial charge is 0.394 e. The third-order valence-corrected chi connectivity index (χ3v) is 3.85. The number of aromatic nitrogens is 4. The number of ether oxygens (including phenoxy) is 1. The minimum atomic E-state index is -1.61. The van der Waals surface area contributed by atoms with Gasteiger partial charge < -0.3 is 25.8 Å². The second-order valence-corrected chi connectivity index (χ2v) is 5.41. The van der Waals surface area contributed by atoms with Crippen molar-refractivity contribution in [2.24, 2.45) is 0 Å². The van der Waals surface area contributed by atoms with Gasteiger partial charge in [-0.3, -0.25) is 4.57 Å². The summed E-state index contributed by atoms with van der Waals surface area (Å²) in [6.45, 7) is 0.944. The molecule has 1 unspecified atom stereocenters. The number of fused-ring (bicyclic) bond motifs is 1. The van der Waals surface area contributed by atoms with E-state index < -0.39 is 30.6 Å². The van der Waals surface area contributed by atoms with Crippen LogP contribution in [0, 0.1) is 0 Å². The van der Waals surface area contributed by atoms with Crippen molar-refractivity contribution in [1.29, 1.82) is 0 Å². The predicted octanol–water partition coefficient (Wildman–Crippen LogP) is -0.937. The van der Waals surface area contributed by atoms with Crippen molar-refractivity contribution in [3.63, 3.8) is 0 Å². The molecule has 0 saturated carbocycles. The van der Waals surface area contributed by atoms with Crippen LogP contribution in [0.3, 0.4) is 0 Å². The first-order chi connectivity index (χ1) is 9.86. The van der Waals surface area contributed by atoms with E-state index in [0.29, 0.717) is 5.52 Å². The number of anilines is 1. The molecular weight excluding hydrogens is 302 g/mol. The maximum atomic E-state index is 10.2. The number of nitrogens with two attached hydrogens (primary N) is 1. The lowest BCUT2D eigenvalue weighted by atomic mass is 9.95. The molecule has 4 atom stereocenters. The summed E-state index contributed by atoms with van der Waals surface area (Å²) in [4.78, 5) is 11.9. The number of halogens is 1. The molecule has 0 bridgehead atoms. The highest BCUT2D eigenvalue weighted by atomic mass is 35.5. The van der Waals surface area contributed by atoms with Crippen LogP contribution >= 0.6 is 11.6 Å². The molecule has 0 spiro atoms. The zero-order valence-electron chi connectivity index (χ0n) is 11.0. The first kappa shape index (κ1) is 14.4. The summed E-state index contributed by atoms with van der Waals surface area (Å²) in [6, 6.07) is 0. The van der Waals surface area contributed by atoms with Gasteiger partial charge in [0.15, 0.2) is 17.7 Å². The molecule has 21 heavy (non-hydrogen) atoms. The molecular formula is C11H14ClN5O4. The summed E-state index contributed by atoms with van der Waals surface area (Å²) in [7, 11) is 0. The van der Waals surface area contributed by atoms with Crippen LogP contribution in [0.5, 0.6) is 0 Å². The van der Waals surface area contributed by atoms with Gasteiger partial charge in [0.2, 0.25) is 5.28 Å². The molecule has 1 aliphatic heterocycles. The van der Waals surface area contributed by atoms with Gasteiger partial charge >= 0.3 is 0 Å². The number of rotatable bonds is 2. The van der Waals surface area contributed by atoms with Gasteiger partial charge in [-0.05, 0) is 18.5 Å². The third kappa shape index (κ3) is 2.05. The summed E-state index contributed by atoms with van der Waals surface area (Å²) in [5, 5.41) is 29.6. The highest BCUT2D eigenvalue weighted by Crippen LogP contribution is 2.38. The minimum Gasteiger partial charge on any atom is -0.394 e. The average molecular weight is 316 g/mol. The van der Waals surface area contributed by atoms with Crippen molar-refractivity contribution in [3.05, 3.63) is 11.6 Å². The van der Waals surface area contributed by atoms with Crippen LogP contribution in [0.2, 0.25) is 5.28 Å². The Morgan fingerprint density at radius 3 is 2.86 bits per heavy atom. The lowest BCUT2D eigenvalue weighted by molar-refractivity contribution is -0.0804. The Hall–Kier alpha value is -1.52. The number of hydrogen-bond acceptors (Lipinski definition) is 8. The van der Waals surface area contributed by atoms with E-state index in [4.69, 9.17) is 22.1 Å². The second kappa shape index (κ2) is 4.75. The highest BCUT2D eigenvalue weighted by Gasteiger charge is 2.52. The Morgan fingerprint density at radius 1 is 1.52 bits per heavy atom. The van der Waals surface area contributed by atoms with E-state index in [9.17, 15) is 15.3 Å². The monoisotopic (exact) mass is 315 g/mol. The van der Waals surface area contributed by atoms with Crippen LogP contribution in [-0.4, -0.2) is 59.3 Å². The lowest BCUT2D eigenvalue weighted by Gasteiger charge is -2.25. The van der Waals surface area contributed by atoms with Gasteiger partial charge in [-0.2, -0.15) is 9.97 Å². The quantitative estimate of drug-likeness (QED) is 0.521. The molecule has 9 nitrogen and oxygen atoms in total. The molecule has 3 heterocycles. The number of nitrogen functional groups attached to an aromatic ring is 1. The summed E-state index contributed by atoms with van der Waals surface area (Å²) in [5.41, 5.74) is 4.67. The molecule has 0 amide bonds. The fraction of sp³-hybridized carbons (Fsp3) is 0.545. The zero-order valence-corrected chi connectivity index (χ0v) is 11.8. The van der Waals surface area contributed by atoms with E-state index >= 15 is 0 Å². The average Bonchev–Trinajstić information content (AvgIpc) is 2.91. The fourth-order valence-electron chi connectivity index (χ4n) is 2.40.